The summed E-state index contributed by atoms with van der Waals surface area (Å²) in [6.07, 6.45) is 0.413. The Labute approximate surface area is 124 Å². The highest BCUT2D eigenvalue weighted by Gasteiger charge is 2.24. The van der Waals surface area contributed by atoms with Crippen molar-refractivity contribution in [3.63, 3.8) is 0 Å². The van der Waals surface area contributed by atoms with Gasteiger partial charge >= 0.3 is 6.09 Å². The number of carbonyl (C=O) groups is 1. The molecule has 1 fully saturated rings. The van der Waals surface area contributed by atoms with Crippen molar-refractivity contribution in [1.82, 2.24) is 10.6 Å². The molecule has 6 heteroatoms. The zero-order valence-corrected chi connectivity index (χ0v) is 12.5. The minimum absolute atomic E-state index is 0.265. The Hall–Kier alpha value is -1.95. The third kappa shape index (κ3) is 4.26. The van der Waals surface area contributed by atoms with Crippen molar-refractivity contribution in [1.29, 1.82) is 0 Å². The van der Waals surface area contributed by atoms with Gasteiger partial charge in [0.1, 0.15) is 6.61 Å². The van der Waals surface area contributed by atoms with Gasteiger partial charge in [0.15, 0.2) is 17.6 Å². The zero-order chi connectivity index (χ0) is 15.1. The predicted molar refractivity (Wildman–Crippen MR) is 78.8 cm³/mol. The average Bonchev–Trinajstić information content (AvgIpc) is 2.91. The molecule has 21 heavy (non-hydrogen) atoms. The number of nitrogens with one attached hydrogen (secondary N) is 2. The molecule has 0 aliphatic carbocycles. The fourth-order valence-electron chi connectivity index (χ4n) is 2.13. The monoisotopic (exact) mass is 294 g/mol. The van der Waals surface area contributed by atoms with E-state index in [1.807, 2.05) is 18.2 Å². The summed E-state index contributed by atoms with van der Waals surface area (Å²) in [5, 5.41) is 5.95. The van der Waals surface area contributed by atoms with Crippen LogP contribution < -0.4 is 20.1 Å². The van der Waals surface area contributed by atoms with E-state index in [1.54, 1.807) is 7.11 Å². The highest BCUT2D eigenvalue weighted by molar-refractivity contribution is 5.69. The summed E-state index contributed by atoms with van der Waals surface area (Å²) in [5.74, 6) is 1.38. The minimum Gasteiger partial charge on any atom is -0.493 e. The SMILES string of the molecule is CCCNCc1cccc(OC)c1OCC1CNC(=O)O1. The highest BCUT2D eigenvalue weighted by atomic mass is 16.6. The van der Waals surface area contributed by atoms with Crippen LogP contribution in [0, 0.1) is 0 Å². The topological polar surface area (TPSA) is 68.8 Å². The van der Waals surface area contributed by atoms with Crippen molar-refractivity contribution in [2.75, 3.05) is 26.8 Å². The second-order valence-electron chi connectivity index (χ2n) is 4.84. The van der Waals surface area contributed by atoms with Crippen LogP contribution in [0.5, 0.6) is 11.5 Å². The number of hydrogen-bond acceptors (Lipinski definition) is 5. The fraction of sp³-hybridized carbons (Fsp3) is 0.533. The summed E-state index contributed by atoms with van der Waals surface area (Å²) in [7, 11) is 1.61. The van der Waals surface area contributed by atoms with E-state index in [0.717, 1.165) is 18.5 Å². The van der Waals surface area contributed by atoms with Crippen LogP contribution >= 0.6 is 0 Å². The van der Waals surface area contributed by atoms with Gasteiger partial charge in [-0.2, -0.15) is 0 Å². The number of amides is 1. The first-order chi connectivity index (χ1) is 10.2. The Kier molecular flexibility index (Phi) is 5.68. The van der Waals surface area contributed by atoms with Gasteiger partial charge in [-0.1, -0.05) is 19.1 Å². The first-order valence-electron chi connectivity index (χ1n) is 7.18. The van der Waals surface area contributed by atoms with Crippen LogP contribution in [0.3, 0.4) is 0 Å². The molecule has 2 rings (SSSR count). The van der Waals surface area contributed by atoms with E-state index in [1.165, 1.54) is 0 Å². The molecule has 1 heterocycles. The third-order valence-corrected chi connectivity index (χ3v) is 3.18. The predicted octanol–water partition coefficient (Wildman–Crippen LogP) is 1.68. The number of ether oxygens (including phenoxy) is 3. The summed E-state index contributed by atoms with van der Waals surface area (Å²) in [5.41, 5.74) is 1.03. The van der Waals surface area contributed by atoms with Gasteiger partial charge in [0, 0.05) is 12.1 Å². The molecular formula is C15H22N2O4. The maximum Gasteiger partial charge on any atom is 0.407 e. The van der Waals surface area contributed by atoms with Gasteiger partial charge in [0.05, 0.1) is 13.7 Å². The second-order valence-corrected chi connectivity index (χ2v) is 4.84. The molecule has 1 aliphatic rings. The lowest BCUT2D eigenvalue weighted by molar-refractivity contribution is 0.103. The summed E-state index contributed by atoms with van der Waals surface area (Å²) < 4.78 is 16.3. The van der Waals surface area contributed by atoms with Gasteiger partial charge in [0.2, 0.25) is 0 Å². The van der Waals surface area contributed by atoms with Gasteiger partial charge in [-0.15, -0.1) is 0 Å². The van der Waals surface area contributed by atoms with Gasteiger partial charge in [-0.25, -0.2) is 4.79 Å². The Morgan fingerprint density at radius 3 is 3.00 bits per heavy atom. The normalized spacial score (nSPS) is 17.2. The van der Waals surface area contributed by atoms with Crippen LogP contribution in [0.4, 0.5) is 4.79 Å². The van der Waals surface area contributed by atoms with Crippen molar-refractivity contribution in [3.8, 4) is 11.5 Å². The molecule has 1 aromatic carbocycles. The van der Waals surface area contributed by atoms with Crippen molar-refractivity contribution in [2.24, 2.45) is 0 Å². The maximum absolute atomic E-state index is 11.0. The fourth-order valence-corrected chi connectivity index (χ4v) is 2.13. The number of methoxy groups -OCH3 is 1. The Morgan fingerprint density at radius 2 is 2.33 bits per heavy atom. The smallest absolute Gasteiger partial charge is 0.407 e. The Balaban J connectivity index is 2.02. The standard InChI is InChI=1S/C15H22N2O4/c1-3-7-16-8-11-5-4-6-13(19-2)14(11)20-10-12-9-17-15(18)21-12/h4-6,12,16H,3,7-10H2,1-2H3,(H,17,18). The molecule has 0 aromatic heterocycles. The van der Waals surface area contributed by atoms with E-state index in [-0.39, 0.29) is 6.10 Å². The highest BCUT2D eigenvalue weighted by Crippen LogP contribution is 2.31. The molecule has 1 unspecified atom stereocenters. The molecule has 6 nitrogen and oxygen atoms in total. The van der Waals surface area contributed by atoms with Gasteiger partial charge in [0.25, 0.3) is 0 Å². The molecule has 0 saturated carbocycles. The van der Waals surface area contributed by atoms with Gasteiger partial charge in [-0.3, -0.25) is 0 Å². The van der Waals surface area contributed by atoms with Crippen molar-refractivity contribution in [3.05, 3.63) is 23.8 Å². The summed E-state index contributed by atoms with van der Waals surface area (Å²) in [6, 6.07) is 5.79. The van der Waals surface area contributed by atoms with Crippen molar-refractivity contribution < 1.29 is 19.0 Å². The van der Waals surface area contributed by atoms with Crippen molar-refractivity contribution >= 4 is 6.09 Å². The van der Waals surface area contributed by atoms with Crippen LogP contribution in [0.2, 0.25) is 0 Å². The lowest BCUT2D eigenvalue weighted by atomic mass is 10.2. The lowest BCUT2D eigenvalue weighted by Gasteiger charge is -2.17. The van der Waals surface area contributed by atoms with E-state index in [9.17, 15) is 4.79 Å². The summed E-state index contributed by atoms with van der Waals surface area (Å²) in [6.45, 7) is 4.55. The van der Waals surface area contributed by atoms with Crippen LogP contribution in [-0.4, -0.2) is 39.0 Å². The molecule has 1 aliphatic heterocycles. The van der Waals surface area contributed by atoms with Gasteiger partial charge < -0.3 is 24.8 Å². The average molecular weight is 294 g/mol. The number of cyclic esters (lactones) is 1. The number of para-hydroxylation sites is 1. The first kappa shape index (κ1) is 15.4. The molecule has 2 N–H and O–H groups in total. The molecule has 0 spiro atoms. The third-order valence-electron chi connectivity index (χ3n) is 3.18. The number of hydrogen-bond donors (Lipinski definition) is 2. The van der Waals surface area contributed by atoms with Crippen LogP contribution in [0.1, 0.15) is 18.9 Å². The van der Waals surface area contributed by atoms with Crippen LogP contribution in [0.25, 0.3) is 0 Å². The summed E-state index contributed by atoms with van der Waals surface area (Å²) in [4.78, 5) is 11.0. The Bertz CT molecular complexity index is 479. The molecule has 1 saturated heterocycles. The zero-order valence-electron chi connectivity index (χ0n) is 12.5. The molecular weight excluding hydrogens is 272 g/mol. The van der Waals surface area contributed by atoms with Crippen molar-refractivity contribution in [2.45, 2.75) is 26.0 Å². The van der Waals surface area contributed by atoms with E-state index >= 15 is 0 Å². The van der Waals surface area contributed by atoms with E-state index in [2.05, 4.69) is 17.6 Å². The second kappa shape index (κ2) is 7.73. The molecule has 116 valence electrons. The minimum atomic E-state index is -0.395. The number of benzene rings is 1. The van der Waals surface area contributed by atoms with E-state index in [0.29, 0.717) is 31.2 Å². The molecule has 1 amide bonds. The van der Waals surface area contributed by atoms with Gasteiger partial charge in [-0.05, 0) is 19.0 Å². The summed E-state index contributed by atoms with van der Waals surface area (Å²) >= 11 is 0. The first-order valence-corrected chi connectivity index (χ1v) is 7.18. The molecule has 1 atom stereocenters. The largest absolute Gasteiger partial charge is 0.493 e. The van der Waals surface area contributed by atoms with E-state index in [4.69, 9.17) is 14.2 Å². The number of alkyl carbamates (subject to hydrolysis) is 1. The molecule has 0 radical (unpaired) electrons. The number of carbonyl (C=O) groups excluding carboxylic acids is 1. The number of rotatable bonds is 8. The van der Waals surface area contributed by atoms with Crippen LogP contribution in [-0.2, 0) is 11.3 Å². The quantitative estimate of drug-likeness (QED) is 0.714. The molecule has 0 bridgehead atoms. The lowest BCUT2D eigenvalue weighted by Crippen LogP contribution is -2.23. The van der Waals surface area contributed by atoms with E-state index < -0.39 is 6.09 Å². The van der Waals surface area contributed by atoms with Crippen LogP contribution in [0.15, 0.2) is 18.2 Å². The maximum atomic E-state index is 11.0. The molecule has 1 aromatic rings. The Morgan fingerprint density at radius 1 is 1.48 bits per heavy atom.